The van der Waals surface area contributed by atoms with Gasteiger partial charge in [0.2, 0.25) is 0 Å². The molecule has 0 spiro atoms. The smallest absolute Gasteiger partial charge is 0.264 e. The molecule has 2 aliphatic carbocycles. The van der Waals surface area contributed by atoms with Gasteiger partial charge in [0.05, 0.1) is 17.1 Å². The van der Waals surface area contributed by atoms with Crippen LogP contribution >= 0.6 is 35.1 Å². The van der Waals surface area contributed by atoms with Crippen LogP contribution in [0, 0.1) is 11.7 Å². The normalized spacial score (nSPS) is 20.0. The van der Waals surface area contributed by atoms with Crippen LogP contribution in [0.2, 0.25) is 10.0 Å². The van der Waals surface area contributed by atoms with Gasteiger partial charge in [0, 0.05) is 34.5 Å². The van der Waals surface area contributed by atoms with Crippen LogP contribution in [-0.4, -0.2) is 39.4 Å². The number of nitrogens with zero attached hydrogens (tertiary/aromatic N) is 1. The fourth-order valence-corrected chi connectivity index (χ4v) is 6.90. The number of hydrogen-bond acceptors (Lipinski definition) is 4. The zero-order valence-electron chi connectivity index (χ0n) is 19.1. The summed E-state index contributed by atoms with van der Waals surface area (Å²) in [4.78, 5) is 13.1. The Hall–Kier alpha value is -1.32. The first-order valence-corrected chi connectivity index (χ1v) is 14.7. The van der Waals surface area contributed by atoms with Gasteiger partial charge >= 0.3 is 0 Å². The maximum Gasteiger partial charge on any atom is 0.264 e. The molecule has 2 saturated carbocycles. The van der Waals surface area contributed by atoms with E-state index in [-0.39, 0.29) is 17.4 Å². The summed E-state index contributed by atoms with van der Waals surface area (Å²) in [6, 6.07) is 8.03. The van der Waals surface area contributed by atoms with Crippen molar-refractivity contribution < 1.29 is 18.1 Å². The van der Waals surface area contributed by atoms with Crippen molar-refractivity contribution in [3.8, 4) is 5.75 Å². The second-order valence-electron chi connectivity index (χ2n) is 9.43. The number of carbonyl (C=O) groups is 1. The van der Waals surface area contributed by atoms with Gasteiger partial charge in [0.1, 0.15) is 22.6 Å². The van der Waals surface area contributed by atoms with Gasteiger partial charge in [-0.2, -0.15) is 0 Å². The molecule has 1 saturated heterocycles. The van der Waals surface area contributed by atoms with Crippen LogP contribution in [0.5, 0.6) is 5.75 Å². The Morgan fingerprint density at radius 1 is 1.06 bits per heavy atom. The number of piperidine rings is 1. The third-order valence-corrected chi connectivity index (χ3v) is 9.54. The molecule has 1 atom stereocenters. The van der Waals surface area contributed by atoms with Gasteiger partial charge in [-0.1, -0.05) is 23.2 Å². The lowest BCUT2D eigenvalue weighted by atomic mass is 9.99. The molecule has 10 heteroatoms. The minimum Gasteiger partial charge on any atom is -0.493 e. The summed E-state index contributed by atoms with van der Waals surface area (Å²) in [6.07, 6.45) is 5.88. The molecule has 1 amide bonds. The van der Waals surface area contributed by atoms with Crippen molar-refractivity contribution in [1.82, 2.24) is 9.03 Å². The molecule has 0 bridgehead atoms. The number of amides is 1. The second kappa shape index (κ2) is 11.0. The summed E-state index contributed by atoms with van der Waals surface area (Å²) < 4.78 is 38.6. The number of benzene rings is 2. The zero-order chi connectivity index (χ0) is 24.5. The van der Waals surface area contributed by atoms with E-state index in [4.69, 9.17) is 27.9 Å². The molecule has 5 nitrogen and oxygen atoms in total. The predicted molar refractivity (Wildman–Crippen MR) is 139 cm³/mol. The Kier molecular flexibility index (Phi) is 7.94. The van der Waals surface area contributed by atoms with E-state index >= 15 is 0 Å². The molecule has 188 valence electrons. The summed E-state index contributed by atoms with van der Waals surface area (Å²) in [7, 11) is -1.32. The number of hydrogen-bond donors (Lipinski definition) is 1. The maximum absolute atomic E-state index is 14.8. The van der Waals surface area contributed by atoms with Crippen LogP contribution in [0.25, 0.3) is 0 Å². The van der Waals surface area contributed by atoms with E-state index in [2.05, 4.69) is 4.72 Å². The summed E-state index contributed by atoms with van der Waals surface area (Å²) in [6.45, 7) is 1.78. The summed E-state index contributed by atoms with van der Waals surface area (Å²) in [5.41, 5.74) is 1.01. The topological polar surface area (TPSA) is 58.6 Å². The first-order chi connectivity index (χ1) is 16.9. The van der Waals surface area contributed by atoms with Crippen molar-refractivity contribution >= 4 is 52.0 Å². The molecule has 1 unspecified atom stereocenters. The fourth-order valence-electron chi connectivity index (χ4n) is 4.19. The molecule has 2 aromatic rings. The highest BCUT2D eigenvalue weighted by Gasteiger charge is 2.31. The zero-order valence-corrected chi connectivity index (χ0v) is 22.2. The van der Waals surface area contributed by atoms with Gasteiger partial charge in [-0.05, 0) is 92.1 Å². The third kappa shape index (κ3) is 6.52. The largest absolute Gasteiger partial charge is 0.493 e. The van der Waals surface area contributed by atoms with Gasteiger partial charge in [-0.25, -0.2) is 12.9 Å². The Labute approximate surface area is 221 Å². The van der Waals surface area contributed by atoms with Crippen LogP contribution < -0.4 is 9.46 Å². The standard InChI is InChI=1S/C25H27Cl2FN2O3S2/c26-17-9-18(27)11-20(10-17)35(32)30-7-5-15(6-8-30)14-33-24-13-23(28)22(12-21(24)16-1-2-16)25(31)29-34-19-3-4-19/h9-13,15-16,19H,1-8,14H2,(H,29,31). The van der Waals surface area contributed by atoms with E-state index in [1.54, 1.807) is 24.3 Å². The van der Waals surface area contributed by atoms with E-state index in [0.717, 1.165) is 44.1 Å². The van der Waals surface area contributed by atoms with Gasteiger partial charge < -0.3 is 4.74 Å². The van der Waals surface area contributed by atoms with Crippen molar-refractivity contribution in [2.24, 2.45) is 5.92 Å². The molecular formula is C25H27Cl2FN2O3S2. The van der Waals surface area contributed by atoms with E-state index in [9.17, 15) is 13.4 Å². The molecule has 1 aliphatic heterocycles. The molecule has 0 aromatic heterocycles. The van der Waals surface area contributed by atoms with Crippen molar-refractivity contribution in [2.45, 2.75) is 54.6 Å². The molecule has 3 aliphatic rings. The molecule has 2 aromatic carbocycles. The monoisotopic (exact) mass is 556 g/mol. The van der Waals surface area contributed by atoms with Gasteiger partial charge in [-0.15, -0.1) is 0 Å². The minimum atomic E-state index is -1.32. The molecule has 0 radical (unpaired) electrons. The first kappa shape index (κ1) is 25.3. The lowest BCUT2D eigenvalue weighted by Gasteiger charge is -2.31. The van der Waals surface area contributed by atoms with Crippen molar-refractivity contribution in [1.29, 1.82) is 0 Å². The van der Waals surface area contributed by atoms with Gasteiger partial charge in [0.25, 0.3) is 5.91 Å². The average molecular weight is 558 g/mol. The van der Waals surface area contributed by atoms with Crippen molar-refractivity contribution in [3.63, 3.8) is 0 Å². The number of halogens is 3. The molecule has 5 rings (SSSR count). The lowest BCUT2D eigenvalue weighted by molar-refractivity contribution is 0.0980. The summed E-state index contributed by atoms with van der Waals surface area (Å²) in [5.74, 6) is 0.204. The SMILES string of the molecule is O=C(NSC1CC1)c1cc(C2CC2)c(OCC2CCN(S(=O)c3cc(Cl)cc(Cl)c3)CC2)cc1F. The highest BCUT2D eigenvalue weighted by molar-refractivity contribution is 7.98. The van der Waals surface area contributed by atoms with E-state index in [0.29, 0.717) is 51.6 Å². The highest BCUT2D eigenvalue weighted by atomic mass is 35.5. The number of carbonyl (C=O) groups excluding carboxylic acids is 1. The second-order valence-corrected chi connectivity index (χ2v) is 12.9. The molecule has 1 heterocycles. The summed E-state index contributed by atoms with van der Waals surface area (Å²) in [5, 5.41) is 1.39. The average Bonchev–Trinajstić information content (AvgIpc) is 3.75. The molecule has 1 N–H and O–H groups in total. The van der Waals surface area contributed by atoms with Crippen LogP contribution in [0.1, 0.15) is 60.4 Å². The van der Waals surface area contributed by atoms with Crippen LogP contribution in [0.4, 0.5) is 4.39 Å². The Bertz CT molecular complexity index is 1120. The van der Waals surface area contributed by atoms with Gasteiger partial charge in [0.15, 0.2) is 0 Å². The van der Waals surface area contributed by atoms with Crippen LogP contribution in [0.15, 0.2) is 35.2 Å². The predicted octanol–water partition coefficient (Wildman–Crippen LogP) is 6.36. The van der Waals surface area contributed by atoms with Crippen LogP contribution in [0.3, 0.4) is 0 Å². The number of nitrogens with one attached hydrogen (secondary N) is 1. The van der Waals surface area contributed by atoms with Crippen molar-refractivity contribution in [2.75, 3.05) is 19.7 Å². The maximum atomic E-state index is 14.8. The molecule has 35 heavy (non-hydrogen) atoms. The third-order valence-electron chi connectivity index (χ3n) is 6.52. The Balaban J connectivity index is 1.18. The fraction of sp³-hybridized carbons (Fsp3) is 0.480. The lowest BCUT2D eigenvalue weighted by Crippen LogP contribution is -2.36. The summed E-state index contributed by atoms with van der Waals surface area (Å²) >= 11 is 13.5. The van der Waals surface area contributed by atoms with E-state index in [1.807, 2.05) is 4.31 Å². The number of rotatable bonds is 9. The van der Waals surface area contributed by atoms with Crippen molar-refractivity contribution in [3.05, 3.63) is 57.3 Å². The first-order valence-electron chi connectivity index (χ1n) is 11.9. The Morgan fingerprint density at radius 3 is 2.37 bits per heavy atom. The highest BCUT2D eigenvalue weighted by Crippen LogP contribution is 2.45. The molecule has 3 fully saturated rings. The van der Waals surface area contributed by atoms with Gasteiger partial charge in [-0.3, -0.25) is 9.52 Å². The molecular weight excluding hydrogens is 530 g/mol. The quantitative estimate of drug-likeness (QED) is 0.365. The Morgan fingerprint density at radius 2 is 1.74 bits per heavy atom. The minimum absolute atomic E-state index is 0.0873. The van der Waals surface area contributed by atoms with E-state index < -0.39 is 16.8 Å². The van der Waals surface area contributed by atoms with Crippen LogP contribution in [-0.2, 0) is 11.0 Å². The van der Waals surface area contributed by atoms with E-state index in [1.165, 1.54) is 18.0 Å². The number of ether oxygens (including phenoxy) is 1.